The minimum atomic E-state index is 0.710. The van der Waals surface area contributed by atoms with Crippen molar-refractivity contribution in [3.8, 4) is 11.5 Å². The molecule has 1 heterocycles. The van der Waals surface area contributed by atoms with E-state index >= 15 is 0 Å². The van der Waals surface area contributed by atoms with E-state index in [1.165, 1.54) is 5.57 Å². The number of ether oxygens (including phenoxy) is 2. The van der Waals surface area contributed by atoms with Crippen LogP contribution in [0.25, 0.3) is 6.08 Å². The zero-order chi connectivity index (χ0) is 14.4. The van der Waals surface area contributed by atoms with E-state index in [1.54, 1.807) is 0 Å². The van der Waals surface area contributed by atoms with Gasteiger partial charge < -0.3 is 14.8 Å². The molecule has 1 N–H and O–H groups in total. The molecule has 0 aromatic heterocycles. The van der Waals surface area contributed by atoms with E-state index in [-0.39, 0.29) is 0 Å². The number of nitrogens with one attached hydrogen (secondary N) is 1. The van der Waals surface area contributed by atoms with Crippen LogP contribution in [0.4, 0.5) is 0 Å². The Morgan fingerprint density at radius 3 is 2.85 bits per heavy atom. The summed E-state index contributed by atoms with van der Waals surface area (Å²) < 4.78 is 12.5. The summed E-state index contributed by atoms with van der Waals surface area (Å²) in [6.07, 6.45) is 4.19. The number of hydrogen-bond acceptors (Lipinski definition) is 3. The molecule has 0 aliphatic carbocycles. The Balaban J connectivity index is 2.26. The van der Waals surface area contributed by atoms with Gasteiger partial charge in [0.1, 0.15) is 0 Å². The number of benzene rings is 1. The SMILES string of the molecule is CCNCC(=Cc1cc(Br)c2c(c1)OCCCO2)CC. The summed E-state index contributed by atoms with van der Waals surface area (Å²) in [4.78, 5) is 0. The Morgan fingerprint density at radius 2 is 2.10 bits per heavy atom. The Kier molecular flexibility index (Phi) is 5.92. The molecule has 110 valence electrons. The maximum atomic E-state index is 5.77. The van der Waals surface area contributed by atoms with E-state index in [2.05, 4.69) is 53.3 Å². The van der Waals surface area contributed by atoms with E-state index in [4.69, 9.17) is 9.47 Å². The van der Waals surface area contributed by atoms with Crippen LogP contribution >= 0.6 is 15.9 Å². The summed E-state index contributed by atoms with van der Waals surface area (Å²) in [5.41, 5.74) is 2.53. The smallest absolute Gasteiger partial charge is 0.175 e. The Labute approximate surface area is 129 Å². The number of rotatable bonds is 5. The number of hydrogen-bond donors (Lipinski definition) is 1. The monoisotopic (exact) mass is 339 g/mol. The lowest BCUT2D eigenvalue weighted by Gasteiger charge is -2.11. The maximum absolute atomic E-state index is 5.77. The van der Waals surface area contributed by atoms with Crippen LogP contribution in [0.3, 0.4) is 0 Å². The average molecular weight is 340 g/mol. The highest BCUT2D eigenvalue weighted by Gasteiger charge is 2.14. The van der Waals surface area contributed by atoms with Crippen molar-refractivity contribution < 1.29 is 9.47 Å². The molecule has 0 radical (unpaired) electrons. The van der Waals surface area contributed by atoms with Crippen LogP contribution in [-0.2, 0) is 0 Å². The summed E-state index contributed by atoms with van der Waals surface area (Å²) in [6.45, 7) is 7.64. The molecular weight excluding hydrogens is 318 g/mol. The molecule has 1 aromatic rings. The molecule has 0 unspecified atom stereocenters. The predicted octanol–water partition coefficient (Wildman–Crippen LogP) is 4.01. The highest BCUT2D eigenvalue weighted by molar-refractivity contribution is 9.10. The third-order valence-electron chi connectivity index (χ3n) is 3.25. The molecule has 0 spiro atoms. The molecule has 0 saturated heterocycles. The van der Waals surface area contributed by atoms with Crippen molar-refractivity contribution in [2.45, 2.75) is 26.7 Å². The van der Waals surface area contributed by atoms with Crippen molar-refractivity contribution in [3.05, 3.63) is 27.7 Å². The largest absolute Gasteiger partial charge is 0.489 e. The summed E-state index contributed by atoms with van der Waals surface area (Å²) in [5, 5.41) is 3.37. The number of likely N-dealkylation sites (N-methyl/N-ethyl adjacent to an activating group) is 1. The molecule has 1 aliphatic heterocycles. The molecule has 3 nitrogen and oxygen atoms in total. The van der Waals surface area contributed by atoms with Crippen LogP contribution in [-0.4, -0.2) is 26.3 Å². The van der Waals surface area contributed by atoms with Gasteiger partial charge in [-0.3, -0.25) is 0 Å². The third kappa shape index (κ3) is 4.00. The van der Waals surface area contributed by atoms with Crippen molar-refractivity contribution in [1.82, 2.24) is 5.32 Å². The molecule has 20 heavy (non-hydrogen) atoms. The van der Waals surface area contributed by atoms with Crippen LogP contribution < -0.4 is 14.8 Å². The zero-order valence-corrected chi connectivity index (χ0v) is 13.8. The molecule has 1 aliphatic rings. The van der Waals surface area contributed by atoms with E-state index < -0.39 is 0 Å². The van der Waals surface area contributed by atoms with Crippen molar-refractivity contribution in [2.24, 2.45) is 0 Å². The molecule has 1 aromatic carbocycles. The van der Waals surface area contributed by atoms with Crippen molar-refractivity contribution >= 4 is 22.0 Å². The first-order valence-electron chi connectivity index (χ1n) is 7.24. The van der Waals surface area contributed by atoms with Crippen LogP contribution in [0.5, 0.6) is 11.5 Å². The lowest BCUT2D eigenvalue weighted by atomic mass is 10.1. The summed E-state index contributed by atoms with van der Waals surface area (Å²) in [6, 6.07) is 4.15. The third-order valence-corrected chi connectivity index (χ3v) is 3.84. The van der Waals surface area contributed by atoms with Crippen molar-refractivity contribution in [3.63, 3.8) is 0 Å². The van der Waals surface area contributed by atoms with E-state index in [0.717, 1.165) is 47.5 Å². The molecule has 0 fully saturated rings. The minimum Gasteiger partial charge on any atom is -0.489 e. The Hall–Kier alpha value is -1.00. The normalized spacial score (nSPS) is 15.1. The van der Waals surface area contributed by atoms with Crippen LogP contribution in [0, 0.1) is 0 Å². The van der Waals surface area contributed by atoms with Gasteiger partial charge in [-0.05, 0) is 46.6 Å². The van der Waals surface area contributed by atoms with E-state index in [0.29, 0.717) is 13.2 Å². The van der Waals surface area contributed by atoms with Gasteiger partial charge in [-0.25, -0.2) is 0 Å². The van der Waals surface area contributed by atoms with Gasteiger partial charge in [0.2, 0.25) is 0 Å². The summed E-state index contributed by atoms with van der Waals surface area (Å²) >= 11 is 3.58. The first-order chi connectivity index (χ1) is 9.74. The van der Waals surface area contributed by atoms with Crippen molar-refractivity contribution in [2.75, 3.05) is 26.3 Å². The summed E-state index contributed by atoms with van der Waals surface area (Å²) in [5.74, 6) is 1.66. The second kappa shape index (κ2) is 7.70. The molecule has 4 heteroatoms. The second-order valence-electron chi connectivity index (χ2n) is 4.82. The lowest BCUT2D eigenvalue weighted by molar-refractivity contribution is 0.296. The van der Waals surface area contributed by atoms with Gasteiger partial charge in [0.05, 0.1) is 17.7 Å². The van der Waals surface area contributed by atoms with Crippen LogP contribution in [0.2, 0.25) is 0 Å². The van der Waals surface area contributed by atoms with Crippen LogP contribution in [0.15, 0.2) is 22.2 Å². The number of halogens is 1. The fraction of sp³-hybridized carbons (Fsp3) is 0.500. The van der Waals surface area contributed by atoms with E-state index in [9.17, 15) is 0 Å². The number of fused-ring (bicyclic) bond motifs is 1. The fourth-order valence-corrected chi connectivity index (χ4v) is 2.71. The Bertz CT molecular complexity index is 486. The molecule has 0 amide bonds. The average Bonchev–Trinajstić information content (AvgIpc) is 2.69. The van der Waals surface area contributed by atoms with Crippen molar-refractivity contribution in [1.29, 1.82) is 0 Å². The van der Waals surface area contributed by atoms with Gasteiger partial charge in [-0.1, -0.05) is 25.5 Å². The molecule has 0 bridgehead atoms. The van der Waals surface area contributed by atoms with Crippen LogP contribution in [0.1, 0.15) is 32.3 Å². The first kappa shape index (κ1) is 15.4. The quantitative estimate of drug-likeness (QED) is 0.878. The molecular formula is C16H22BrNO2. The minimum absolute atomic E-state index is 0.710. The topological polar surface area (TPSA) is 30.5 Å². The lowest BCUT2D eigenvalue weighted by Crippen LogP contribution is -2.15. The fourth-order valence-electron chi connectivity index (χ4n) is 2.13. The molecule has 0 saturated carbocycles. The highest BCUT2D eigenvalue weighted by Crippen LogP contribution is 2.38. The summed E-state index contributed by atoms with van der Waals surface area (Å²) in [7, 11) is 0. The maximum Gasteiger partial charge on any atom is 0.175 e. The van der Waals surface area contributed by atoms with Gasteiger partial charge in [-0.2, -0.15) is 0 Å². The van der Waals surface area contributed by atoms with Gasteiger partial charge in [0.25, 0.3) is 0 Å². The second-order valence-corrected chi connectivity index (χ2v) is 5.67. The highest BCUT2D eigenvalue weighted by atomic mass is 79.9. The van der Waals surface area contributed by atoms with Gasteiger partial charge in [0, 0.05) is 13.0 Å². The van der Waals surface area contributed by atoms with Gasteiger partial charge in [0.15, 0.2) is 11.5 Å². The Morgan fingerprint density at radius 1 is 1.30 bits per heavy atom. The van der Waals surface area contributed by atoms with Gasteiger partial charge >= 0.3 is 0 Å². The molecule has 2 rings (SSSR count). The van der Waals surface area contributed by atoms with Gasteiger partial charge in [-0.15, -0.1) is 0 Å². The standard InChI is InChI=1S/C16H22BrNO2/c1-3-12(11-18-4-2)8-13-9-14(17)16-15(10-13)19-6-5-7-20-16/h8-10,18H,3-7,11H2,1-2H3. The molecule has 0 atom stereocenters. The first-order valence-corrected chi connectivity index (χ1v) is 8.03. The predicted molar refractivity (Wildman–Crippen MR) is 86.6 cm³/mol. The van der Waals surface area contributed by atoms with E-state index in [1.807, 2.05) is 0 Å². The zero-order valence-electron chi connectivity index (χ0n) is 12.2.